The zero-order chi connectivity index (χ0) is 9.97. The molecule has 15 heavy (non-hydrogen) atoms. The third-order valence-corrected chi connectivity index (χ3v) is 2.39. The second-order valence-electron chi connectivity index (χ2n) is 3.22. The normalized spacial score (nSPS) is 14.7. The first kappa shape index (κ1) is 12.0. The molecule has 0 saturated heterocycles. The number of rotatable bonds is 1. The van der Waals surface area contributed by atoms with Crippen LogP contribution in [0, 0.1) is 0 Å². The number of hydrogen-bond acceptors (Lipinski definition) is 4. The highest BCUT2D eigenvalue weighted by molar-refractivity contribution is 5.88. The Hall–Kier alpha value is -1.07. The minimum atomic E-state index is -0.347. The molecule has 0 atom stereocenters. The van der Waals surface area contributed by atoms with E-state index in [1.54, 1.807) is 6.33 Å². The van der Waals surface area contributed by atoms with E-state index in [0.717, 1.165) is 31.7 Å². The van der Waals surface area contributed by atoms with Crippen LogP contribution in [0.25, 0.3) is 0 Å². The smallest absolute Gasteiger partial charge is 0.358 e. The second-order valence-corrected chi connectivity index (χ2v) is 3.22. The van der Waals surface area contributed by atoms with Gasteiger partial charge in [-0.25, -0.2) is 9.78 Å². The van der Waals surface area contributed by atoms with Gasteiger partial charge in [-0.15, -0.1) is 12.4 Å². The lowest BCUT2D eigenvalue weighted by atomic mass is 10.2. The number of imidazole rings is 1. The highest BCUT2D eigenvalue weighted by atomic mass is 35.5. The molecule has 0 unspecified atom stereocenters. The Kier molecular flexibility index (Phi) is 4.11. The van der Waals surface area contributed by atoms with E-state index in [0.29, 0.717) is 5.69 Å². The topological polar surface area (TPSA) is 56.1 Å². The summed E-state index contributed by atoms with van der Waals surface area (Å²) in [5.74, 6) is -0.347. The Morgan fingerprint density at radius 3 is 3.13 bits per heavy atom. The summed E-state index contributed by atoms with van der Waals surface area (Å²) in [7, 11) is 1.38. The van der Waals surface area contributed by atoms with Crippen molar-refractivity contribution in [2.24, 2.45) is 0 Å². The average Bonchev–Trinajstić information content (AvgIpc) is 2.46. The fraction of sp³-hybridized carbons (Fsp3) is 0.556. The van der Waals surface area contributed by atoms with Gasteiger partial charge in [-0.05, 0) is 0 Å². The maximum absolute atomic E-state index is 11.3. The van der Waals surface area contributed by atoms with Crippen LogP contribution in [0.4, 0.5) is 0 Å². The summed E-state index contributed by atoms with van der Waals surface area (Å²) in [6.45, 7) is 2.67. The number of nitrogens with one attached hydrogen (secondary N) is 1. The van der Waals surface area contributed by atoms with E-state index >= 15 is 0 Å². The summed E-state index contributed by atoms with van der Waals surface area (Å²) < 4.78 is 6.67. The maximum atomic E-state index is 11.3. The number of nitrogens with zero attached hydrogens (tertiary/aromatic N) is 2. The van der Waals surface area contributed by atoms with E-state index in [2.05, 4.69) is 15.0 Å². The standard InChI is InChI=1S/C9H13N3O2.ClH/c1-14-9(13)8-7-2-3-10-4-5-12(7)6-11-8;/h6,10H,2-5H2,1H3;1H. The molecular weight excluding hydrogens is 218 g/mol. The quantitative estimate of drug-likeness (QED) is 0.704. The number of aromatic nitrogens is 2. The number of fused-ring (bicyclic) bond motifs is 1. The van der Waals surface area contributed by atoms with Gasteiger partial charge in [0.05, 0.1) is 19.1 Å². The van der Waals surface area contributed by atoms with Crippen molar-refractivity contribution in [2.45, 2.75) is 13.0 Å². The molecule has 5 nitrogen and oxygen atoms in total. The fourth-order valence-electron chi connectivity index (χ4n) is 1.66. The summed E-state index contributed by atoms with van der Waals surface area (Å²) in [5, 5.41) is 3.26. The number of carbonyl (C=O) groups is 1. The summed E-state index contributed by atoms with van der Waals surface area (Å²) in [4.78, 5) is 15.4. The van der Waals surface area contributed by atoms with E-state index in [4.69, 9.17) is 0 Å². The molecule has 0 radical (unpaired) electrons. The number of halogens is 1. The second kappa shape index (κ2) is 5.14. The van der Waals surface area contributed by atoms with E-state index < -0.39 is 0 Å². The first-order valence-corrected chi connectivity index (χ1v) is 4.66. The Morgan fingerprint density at radius 2 is 2.40 bits per heavy atom. The Bertz CT molecular complexity index is 351. The summed E-state index contributed by atoms with van der Waals surface area (Å²) in [5.41, 5.74) is 1.43. The van der Waals surface area contributed by atoms with Crippen LogP contribution in [0.15, 0.2) is 6.33 Å². The summed E-state index contributed by atoms with van der Waals surface area (Å²) >= 11 is 0. The average molecular weight is 232 g/mol. The monoisotopic (exact) mass is 231 g/mol. The Labute approximate surface area is 94.2 Å². The lowest BCUT2D eigenvalue weighted by Gasteiger charge is -2.02. The van der Waals surface area contributed by atoms with Crippen LogP contribution < -0.4 is 5.32 Å². The van der Waals surface area contributed by atoms with Gasteiger partial charge in [-0.3, -0.25) is 0 Å². The zero-order valence-corrected chi connectivity index (χ0v) is 9.34. The van der Waals surface area contributed by atoms with Crippen molar-refractivity contribution < 1.29 is 9.53 Å². The van der Waals surface area contributed by atoms with Crippen molar-refractivity contribution >= 4 is 18.4 Å². The molecule has 84 valence electrons. The van der Waals surface area contributed by atoms with Crippen molar-refractivity contribution in [1.82, 2.24) is 14.9 Å². The van der Waals surface area contributed by atoms with Gasteiger partial charge >= 0.3 is 5.97 Å². The molecule has 0 bridgehead atoms. The highest BCUT2D eigenvalue weighted by Crippen LogP contribution is 2.11. The van der Waals surface area contributed by atoms with Crippen molar-refractivity contribution in [3.8, 4) is 0 Å². The van der Waals surface area contributed by atoms with Gasteiger partial charge in [-0.1, -0.05) is 0 Å². The number of esters is 1. The number of carbonyl (C=O) groups excluding carboxylic acids is 1. The van der Waals surface area contributed by atoms with E-state index in [1.807, 2.05) is 4.57 Å². The van der Waals surface area contributed by atoms with Gasteiger partial charge in [0, 0.05) is 26.1 Å². The van der Waals surface area contributed by atoms with Crippen LogP contribution in [0.5, 0.6) is 0 Å². The lowest BCUT2D eigenvalue weighted by Crippen LogP contribution is -2.17. The molecule has 0 fully saturated rings. The largest absolute Gasteiger partial charge is 0.464 e. The molecule has 0 spiro atoms. The predicted molar refractivity (Wildman–Crippen MR) is 57.4 cm³/mol. The van der Waals surface area contributed by atoms with Crippen LogP contribution in [-0.4, -0.2) is 35.7 Å². The molecule has 1 aliphatic heterocycles. The van der Waals surface area contributed by atoms with E-state index in [1.165, 1.54) is 7.11 Å². The van der Waals surface area contributed by atoms with Gasteiger partial charge in [0.25, 0.3) is 0 Å². The van der Waals surface area contributed by atoms with Crippen molar-refractivity contribution in [2.75, 3.05) is 20.2 Å². The summed E-state index contributed by atoms with van der Waals surface area (Å²) in [6, 6.07) is 0. The minimum Gasteiger partial charge on any atom is -0.464 e. The molecule has 0 aliphatic carbocycles. The highest BCUT2D eigenvalue weighted by Gasteiger charge is 2.19. The molecule has 1 aromatic heterocycles. The Morgan fingerprint density at radius 1 is 1.60 bits per heavy atom. The van der Waals surface area contributed by atoms with Gasteiger partial charge in [0.2, 0.25) is 0 Å². The van der Waals surface area contributed by atoms with Crippen LogP contribution in [0.1, 0.15) is 16.2 Å². The van der Waals surface area contributed by atoms with Crippen LogP contribution in [0.2, 0.25) is 0 Å². The first-order valence-electron chi connectivity index (χ1n) is 4.66. The van der Waals surface area contributed by atoms with Crippen molar-refractivity contribution in [3.05, 3.63) is 17.7 Å². The predicted octanol–water partition coefficient (Wildman–Crippen LogP) is 0.237. The maximum Gasteiger partial charge on any atom is 0.358 e. The van der Waals surface area contributed by atoms with Gasteiger partial charge < -0.3 is 14.6 Å². The molecule has 1 N–H and O–H groups in total. The first-order chi connectivity index (χ1) is 6.83. The summed E-state index contributed by atoms with van der Waals surface area (Å²) in [6.07, 6.45) is 2.53. The molecular formula is C9H14ClN3O2. The molecule has 0 saturated carbocycles. The third kappa shape index (κ3) is 2.30. The molecule has 2 heterocycles. The SMILES string of the molecule is COC(=O)c1ncn2c1CCNCC2.Cl. The minimum absolute atomic E-state index is 0. The van der Waals surface area contributed by atoms with Crippen LogP contribution in [-0.2, 0) is 17.7 Å². The number of methoxy groups -OCH3 is 1. The molecule has 0 amide bonds. The fourth-order valence-corrected chi connectivity index (χ4v) is 1.66. The van der Waals surface area contributed by atoms with Crippen LogP contribution in [0.3, 0.4) is 0 Å². The number of hydrogen-bond donors (Lipinski definition) is 1. The van der Waals surface area contributed by atoms with Gasteiger partial charge in [0.1, 0.15) is 0 Å². The number of ether oxygens (including phenoxy) is 1. The van der Waals surface area contributed by atoms with Gasteiger partial charge in [0.15, 0.2) is 5.69 Å². The molecule has 1 aliphatic rings. The van der Waals surface area contributed by atoms with Crippen LogP contribution >= 0.6 is 12.4 Å². The zero-order valence-electron chi connectivity index (χ0n) is 8.52. The third-order valence-electron chi connectivity index (χ3n) is 2.39. The Balaban J connectivity index is 0.00000112. The van der Waals surface area contributed by atoms with E-state index in [9.17, 15) is 4.79 Å². The van der Waals surface area contributed by atoms with Gasteiger partial charge in [-0.2, -0.15) is 0 Å². The van der Waals surface area contributed by atoms with E-state index in [-0.39, 0.29) is 18.4 Å². The molecule has 2 rings (SSSR count). The van der Waals surface area contributed by atoms with Crippen molar-refractivity contribution in [3.63, 3.8) is 0 Å². The molecule has 1 aromatic rings. The lowest BCUT2D eigenvalue weighted by molar-refractivity contribution is 0.0593. The molecule has 6 heteroatoms. The molecule has 0 aromatic carbocycles. The van der Waals surface area contributed by atoms with Crippen molar-refractivity contribution in [1.29, 1.82) is 0 Å².